The standard InChI is InChI=1S/C30H37N3O5S/c1-21(2)31-30(35)24(5)32(19-25-12-8-7-11-23(25)4)29(34)20-33(27-13-9-10-14-28(27)38-6)39(36,37)26-17-15-22(3)16-18-26/h7-18,21,24H,19-20H2,1-6H3,(H,31,35)/t24-/m1/s1. The van der Waals surface area contributed by atoms with Crippen molar-refractivity contribution in [2.75, 3.05) is 18.0 Å². The highest BCUT2D eigenvalue weighted by molar-refractivity contribution is 7.92. The van der Waals surface area contributed by atoms with E-state index in [0.29, 0.717) is 5.75 Å². The van der Waals surface area contributed by atoms with E-state index in [-0.39, 0.29) is 29.1 Å². The van der Waals surface area contributed by atoms with Crippen LogP contribution in [0, 0.1) is 13.8 Å². The van der Waals surface area contributed by atoms with E-state index in [1.807, 2.05) is 52.0 Å². The number of nitrogens with zero attached hydrogens (tertiary/aromatic N) is 2. The summed E-state index contributed by atoms with van der Waals surface area (Å²) in [5.74, 6) is -0.541. The predicted octanol–water partition coefficient (Wildman–Crippen LogP) is 4.45. The molecule has 3 rings (SSSR count). The summed E-state index contributed by atoms with van der Waals surface area (Å²) in [7, 11) is -2.73. The minimum absolute atomic E-state index is 0.0443. The van der Waals surface area contributed by atoms with Crippen molar-refractivity contribution in [1.29, 1.82) is 0 Å². The maximum absolute atomic E-state index is 14.0. The molecule has 0 aliphatic carbocycles. The zero-order valence-corrected chi connectivity index (χ0v) is 24.2. The van der Waals surface area contributed by atoms with Crippen molar-refractivity contribution in [1.82, 2.24) is 10.2 Å². The molecule has 0 bridgehead atoms. The van der Waals surface area contributed by atoms with E-state index in [1.165, 1.54) is 24.1 Å². The molecule has 1 atom stereocenters. The number of sulfonamides is 1. The second kappa shape index (κ2) is 12.8. The molecule has 0 aromatic heterocycles. The van der Waals surface area contributed by atoms with Crippen LogP contribution in [0.3, 0.4) is 0 Å². The zero-order valence-electron chi connectivity index (χ0n) is 23.3. The van der Waals surface area contributed by atoms with Crippen LogP contribution in [-0.2, 0) is 26.2 Å². The van der Waals surface area contributed by atoms with Gasteiger partial charge in [0.1, 0.15) is 18.3 Å². The fourth-order valence-corrected chi connectivity index (χ4v) is 5.57. The molecule has 0 aliphatic rings. The van der Waals surface area contributed by atoms with Crippen molar-refractivity contribution in [3.05, 3.63) is 89.5 Å². The molecule has 0 heterocycles. The van der Waals surface area contributed by atoms with Crippen molar-refractivity contribution in [3.8, 4) is 5.75 Å². The molecule has 0 unspecified atom stereocenters. The van der Waals surface area contributed by atoms with Crippen LogP contribution in [0.2, 0.25) is 0 Å². The van der Waals surface area contributed by atoms with Crippen LogP contribution >= 0.6 is 0 Å². The molecule has 0 aliphatic heterocycles. The lowest BCUT2D eigenvalue weighted by Gasteiger charge is -2.33. The fraction of sp³-hybridized carbons (Fsp3) is 0.333. The van der Waals surface area contributed by atoms with Gasteiger partial charge in [-0.05, 0) is 70.0 Å². The highest BCUT2D eigenvalue weighted by Gasteiger charge is 2.34. The van der Waals surface area contributed by atoms with E-state index >= 15 is 0 Å². The number of benzene rings is 3. The first kappa shape index (κ1) is 29.7. The molecule has 0 fully saturated rings. The number of ether oxygens (including phenoxy) is 1. The van der Waals surface area contributed by atoms with Crippen molar-refractivity contribution >= 4 is 27.5 Å². The van der Waals surface area contributed by atoms with Crippen molar-refractivity contribution in [3.63, 3.8) is 0 Å². The number of nitrogens with one attached hydrogen (secondary N) is 1. The predicted molar refractivity (Wildman–Crippen MR) is 153 cm³/mol. The van der Waals surface area contributed by atoms with E-state index in [1.54, 1.807) is 43.3 Å². The average molecular weight is 552 g/mol. The molecular weight excluding hydrogens is 514 g/mol. The summed E-state index contributed by atoms with van der Waals surface area (Å²) < 4.78 is 34.4. The third-order valence-corrected chi connectivity index (χ3v) is 8.22. The van der Waals surface area contributed by atoms with Crippen LogP contribution in [0.25, 0.3) is 0 Å². The number of para-hydroxylation sites is 2. The Kier molecular flexibility index (Phi) is 9.75. The lowest BCUT2D eigenvalue weighted by molar-refractivity contribution is -0.139. The lowest BCUT2D eigenvalue weighted by atomic mass is 10.1. The summed E-state index contributed by atoms with van der Waals surface area (Å²) in [6.45, 7) is 8.75. The molecule has 3 aromatic rings. The maximum Gasteiger partial charge on any atom is 0.264 e. The second-order valence-corrected chi connectivity index (χ2v) is 11.6. The SMILES string of the molecule is COc1ccccc1N(CC(=O)N(Cc1ccccc1C)[C@H](C)C(=O)NC(C)C)S(=O)(=O)c1ccc(C)cc1. The Morgan fingerprint density at radius 2 is 1.51 bits per heavy atom. The molecule has 9 heteroatoms. The number of amides is 2. The molecule has 1 N–H and O–H groups in total. The Balaban J connectivity index is 2.08. The Morgan fingerprint density at radius 1 is 0.897 bits per heavy atom. The largest absolute Gasteiger partial charge is 0.495 e. The minimum atomic E-state index is -4.17. The van der Waals surface area contributed by atoms with E-state index in [0.717, 1.165) is 21.0 Å². The van der Waals surface area contributed by atoms with Gasteiger partial charge in [0.05, 0.1) is 17.7 Å². The quantitative estimate of drug-likeness (QED) is 0.380. The third-order valence-electron chi connectivity index (χ3n) is 6.44. The molecule has 0 saturated heterocycles. The highest BCUT2D eigenvalue weighted by Crippen LogP contribution is 2.32. The maximum atomic E-state index is 14.0. The van der Waals surface area contributed by atoms with Gasteiger partial charge in [-0.25, -0.2) is 8.42 Å². The second-order valence-electron chi connectivity index (χ2n) is 9.78. The first-order chi connectivity index (χ1) is 18.4. The smallest absolute Gasteiger partial charge is 0.264 e. The average Bonchev–Trinajstić information content (AvgIpc) is 2.90. The number of carbonyl (C=O) groups excluding carboxylic acids is 2. The fourth-order valence-electron chi connectivity index (χ4n) is 4.15. The highest BCUT2D eigenvalue weighted by atomic mass is 32.2. The van der Waals surface area contributed by atoms with Crippen LogP contribution in [0.1, 0.15) is 37.5 Å². The van der Waals surface area contributed by atoms with Gasteiger partial charge in [0, 0.05) is 12.6 Å². The van der Waals surface area contributed by atoms with Gasteiger partial charge in [0.25, 0.3) is 10.0 Å². The van der Waals surface area contributed by atoms with Crippen molar-refractivity contribution < 1.29 is 22.7 Å². The number of hydrogen-bond acceptors (Lipinski definition) is 5. The Morgan fingerprint density at radius 3 is 2.13 bits per heavy atom. The topological polar surface area (TPSA) is 96.0 Å². The molecule has 8 nitrogen and oxygen atoms in total. The monoisotopic (exact) mass is 551 g/mol. The van der Waals surface area contributed by atoms with E-state index in [2.05, 4.69) is 5.32 Å². The zero-order chi connectivity index (χ0) is 28.7. The lowest BCUT2D eigenvalue weighted by Crippen LogP contribution is -2.52. The van der Waals surface area contributed by atoms with E-state index in [9.17, 15) is 18.0 Å². The van der Waals surface area contributed by atoms with Crippen LogP contribution < -0.4 is 14.4 Å². The van der Waals surface area contributed by atoms with Gasteiger partial charge >= 0.3 is 0 Å². The summed E-state index contributed by atoms with van der Waals surface area (Å²) in [6, 6.07) is 19.7. The molecule has 208 valence electrons. The van der Waals surface area contributed by atoms with Gasteiger partial charge < -0.3 is 15.0 Å². The third kappa shape index (κ3) is 7.17. The van der Waals surface area contributed by atoms with Crippen LogP contribution in [0.15, 0.2) is 77.7 Å². The number of anilines is 1. The molecule has 0 radical (unpaired) electrons. The van der Waals surface area contributed by atoms with E-state index < -0.39 is 28.5 Å². The molecule has 0 spiro atoms. The molecule has 3 aromatic carbocycles. The normalized spacial score (nSPS) is 12.1. The van der Waals surface area contributed by atoms with Crippen LogP contribution in [-0.4, -0.2) is 50.9 Å². The Bertz CT molecular complexity index is 1400. The number of hydrogen-bond donors (Lipinski definition) is 1. The van der Waals surface area contributed by atoms with Crippen molar-refractivity contribution in [2.45, 2.75) is 58.1 Å². The molecule has 0 saturated carbocycles. The van der Waals surface area contributed by atoms with Gasteiger partial charge in [-0.1, -0.05) is 54.1 Å². The molecular formula is C30H37N3O5S. The number of carbonyl (C=O) groups is 2. The summed E-state index contributed by atoms with van der Waals surface area (Å²) in [5.41, 5.74) is 2.95. The van der Waals surface area contributed by atoms with Gasteiger partial charge in [0.15, 0.2) is 0 Å². The van der Waals surface area contributed by atoms with Gasteiger partial charge in [-0.15, -0.1) is 0 Å². The minimum Gasteiger partial charge on any atom is -0.495 e. The summed E-state index contributed by atoms with van der Waals surface area (Å²) in [5, 5.41) is 2.86. The summed E-state index contributed by atoms with van der Waals surface area (Å²) in [4.78, 5) is 28.5. The Hall–Kier alpha value is -3.85. The number of rotatable bonds is 11. The summed E-state index contributed by atoms with van der Waals surface area (Å²) in [6.07, 6.45) is 0. The first-order valence-electron chi connectivity index (χ1n) is 12.8. The number of methoxy groups -OCH3 is 1. The van der Waals surface area contributed by atoms with Gasteiger partial charge in [-0.2, -0.15) is 0 Å². The van der Waals surface area contributed by atoms with Crippen LogP contribution in [0.5, 0.6) is 5.75 Å². The molecule has 39 heavy (non-hydrogen) atoms. The van der Waals surface area contributed by atoms with E-state index in [4.69, 9.17) is 4.74 Å². The van der Waals surface area contributed by atoms with Crippen molar-refractivity contribution in [2.24, 2.45) is 0 Å². The van der Waals surface area contributed by atoms with Gasteiger partial charge in [0.2, 0.25) is 11.8 Å². The molecule has 2 amide bonds. The van der Waals surface area contributed by atoms with Crippen LogP contribution in [0.4, 0.5) is 5.69 Å². The van der Waals surface area contributed by atoms with Gasteiger partial charge in [-0.3, -0.25) is 13.9 Å². The number of aryl methyl sites for hydroxylation is 2. The Labute approximate surface area is 231 Å². The first-order valence-corrected chi connectivity index (χ1v) is 14.3. The summed E-state index contributed by atoms with van der Waals surface area (Å²) >= 11 is 0.